The van der Waals surface area contributed by atoms with Gasteiger partial charge in [0.15, 0.2) is 12.4 Å². The molecule has 2 aromatic rings. The van der Waals surface area contributed by atoms with E-state index in [1.54, 1.807) is 6.07 Å². The lowest BCUT2D eigenvalue weighted by atomic mass is 9.95. The van der Waals surface area contributed by atoms with Crippen LogP contribution in [-0.2, 0) is 28.5 Å². The Kier molecular flexibility index (Phi) is 7.47. The van der Waals surface area contributed by atoms with Gasteiger partial charge in [-0.15, -0.1) is 0 Å². The smallest absolute Gasteiger partial charge is 0.332 e. The first-order chi connectivity index (χ1) is 16.3. The number of nitrogens with one attached hydrogen (secondary N) is 1. The van der Waals surface area contributed by atoms with E-state index in [4.69, 9.17) is 23.7 Å². The number of hydrogen-bond acceptors (Lipinski definition) is 7. The van der Waals surface area contributed by atoms with Crippen LogP contribution in [0.4, 0.5) is 0 Å². The van der Waals surface area contributed by atoms with Crippen molar-refractivity contribution in [3.05, 3.63) is 65.7 Å². The van der Waals surface area contributed by atoms with Gasteiger partial charge in [0.1, 0.15) is 30.1 Å². The molecule has 7 unspecified atom stereocenters. The summed E-state index contributed by atoms with van der Waals surface area (Å²) in [5, 5.41) is 12.3. The number of aliphatic carboxylic acids is 1. The van der Waals surface area contributed by atoms with Crippen molar-refractivity contribution in [2.24, 2.45) is 0 Å². The van der Waals surface area contributed by atoms with Gasteiger partial charge in [0, 0.05) is 12.5 Å². The van der Waals surface area contributed by atoms with E-state index in [1.807, 2.05) is 55.5 Å². The number of para-hydroxylation sites is 1. The minimum Gasteiger partial charge on any atom is -0.479 e. The lowest BCUT2D eigenvalue weighted by molar-refractivity contribution is -0.340. The topological polar surface area (TPSA) is 113 Å². The van der Waals surface area contributed by atoms with Gasteiger partial charge in [-0.25, -0.2) is 4.79 Å². The zero-order chi connectivity index (χ0) is 24.2. The van der Waals surface area contributed by atoms with Gasteiger partial charge in [-0.2, -0.15) is 0 Å². The zero-order valence-electron chi connectivity index (χ0n) is 19.2. The van der Waals surface area contributed by atoms with Gasteiger partial charge >= 0.3 is 5.97 Å². The zero-order valence-corrected chi connectivity index (χ0v) is 19.2. The van der Waals surface area contributed by atoms with Crippen LogP contribution >= 0.6 is 0 Å². The van der Waals surface area contributed by atoms with E-state index in [-0.39, 0.29) is 12.5 Å². The third kappa shape index (κ3) is 5.39. The summed E-state index contributed by atoms with van der Waals surface area (Å²) in [7, 11) is 0. The molecule has 0 radical (unpaired) electrons. The molecular weight excluding hydrogens is 442 g/mol. The van der Waals surface area contributed by atoms with Crippen LogP contribution in [0.15, 0.2) is 54.6 Å². The monoisotopic (exact) mass is 471 g/mol. The summed E-state index contributed by atoms with van der Waals surface area (Å²) in [6.07, 6.45) is -5.00. The fourth-order valence-electron chi connectivity index (χ4n) is 4.11. The molecule has 1 amide bonds. The highest BCUT2D eigenvalue weighted by atomic mass is 16.8. The second-order valence-corrected chi connectivity index (χ2v) is 8.41. The number of carboxylic acids is 1. The van der Waals surface area contributed by atoms with Crippen LogP contribution in [0.25, 0.3) is 0 Å². The molecule has 0 saturated carbocycles. The van der Waals surface area contributed by atoms with Crippen molar-refractivity contribution in [3.8, 4) is 5.75 Å². The normalized spacial score (nSPS) is 29.5. The second kappa shape index (κ2) is 10.5. The van der Waals surface area contributed by atoms with E-state index in [0.29, 0.717) is 5.75 Å². The molecule has 4 rings (SSSR count). The molecule has 0 bridgehead atoms. The summed E-state index contributed by atoms with van der Waals surface area (Å²) in [4.78, 5) is 23.8. The lowest BCUT2D eigenvalue weighted by Crippen LogP contribution is -2.68. The van der Waals surface area contributed by atoms with E-state index >= 15 is 0 Å². The van der Waals surface area contributed by atoms with Gasteiger partial charge in [-0.3, -0.25) is 4.79 Å². The number of carbonyl (C=O) groups excluding carboxylic acids is 1. The molecule has 9 heteroatoms. The fraction of sp³-hybridized carbons (Fsp3) is 0.440. The number of benzene rings is 2. The molecule has 2 heterocycles. The lowest BCUT2D eigenvalue weighted by Gasteiger charge is -2.49. The van der Waals surface area contributed by atoms with Crippen molar-refractivity contribution in [1.82, 2.24) is 5.32 Å². The average molecular weight is 472 g/mol. The predicted molar refractivity (Wildman–Crippen MR) is 120 cm³/mol. The highest BCUT2D eigenvalue weighted by molar-refractivity contribution is 5.73. The molecular formula is C25H29NO8. The maximum absolute atomic E-state index is 12.1. The minimum absolute atomic E-state index is 0.173. The number of rotatable bonds is 7. The highest BCUT2D eigenvalue weighted by Crippen LogP contribution is 2.36. The predicted octanol–water partition coefficient (Wildman–Crippen LogP) is 2.58. The summed E-state index contributed by atoms with van der Waals surface area (Å²) in [5.74, 6) is -0.896. The largest absolute Gasteiger partial charge is 0.479 e. The van der Waals surface area contributed by atoms with Crippen LogP contribution in [0.1, 0.15) is 31.3 Å². The Balaban J connectivity index is 1.66. The molecule has 182 valence electrons. The van der Waals surface area contributed by atoms with Crippen molar-refractivity contribution in [2.45, 2.75) is 63.8 Å². The van der Waals surface area contributed by atoms with Crippen LogP contribution < -0.4 is 10.1 Å². The van der Waals surface area contributed by atoms with E-state index in [1.165, 1.54) is 13.8 Å². The molecule has 9 nitrogen and oxygen atoms in total. The molecule has 0 spiro atoms. The molecule has 2 aliphatic rings. The Morgan fingerprint density at radius 1 is 1.09 bits per heavy atom. The van der Waals surface area contributed by atoms with E-state index in [2.05, 4.69) is 5.32 Å². The summed E-state index contributed by atoms with van der Waals surface area (Å²) in [5.41, 5.74) is 1.69. The molecule has 34 heavy (non-hydrogen) atoms. The summed E-state index contributed by atoms with van der Waals surface area (Å²) < 4.78 is 30.5. The van der Waals surface area contributed by atoms with Crippen molar-refractivity contribution in [1.29, 1.82) is 0 Å². The number of hydrogen-bond donors (Lipinski definition) is 2. The van der Waals surface area contributed by atoms with Crippen molar-refractivity contribution in [2.75, 3.05) is 6.61 Å². The molecule has 0 aromatic heterocycles. The highest BCUT2D eigenvalue weighted by Gasteiger charge is 2.53. The molecule has 2 saturated heterocycles. The van der Waals surface area contributed by atoms with Gasteiger partial charge in [0.05, 0.1) is 6.61 Å². The van der Waals surface area contributed by atoms with Crippen molar-refractivity contribution in [3.63, 3.8) is 0 Å². The van der Waals surface area contributed by atoms with Gasteiger partial charge < -0.3 is 34.1 Å². The Morgan fingerprint density at radius 2 is 1.79 bits per heavy atom. The van der Waals surface area contributed by atoms with Crippen LogP contribution in [0.2, 0.25) is 0 Å². The first kappa shape index (κ1) is 24.2. The van der Waals surface area contributed by atoms with Crippen molar-refractivity contribution < 1.29 is 38.4 Å². The van der Waals surface area contributed by atoms with Gasteiger partial charge in [-0.05, 0) is 25.5 Å². The molecule has 2 fully saturated rings. The van der Waals surface area contributed by atoms with Crippen LogP contribution in [-0.4, -0.2) is 60.3 Å². The minimum atomic E-state index is -1.15. The quantitative estimate of drug-likeness (QED) is 0.634. The molecule has 2 aromatic carbocycles. The number of carboxylic acid groups (broad SMARTS) is 1. The molecule has 2 N–H and O–H groups in total. The average Bonchev–Trinajstić information content (AvgIpc) is 2.82. The van der Waals surface area contributed by atoms with E-state index in [9.17, 15) is 14.7 Å². The van der Waals surface area contributed by atoms with Crippen LogP contribution in [0.3, 0.4) is 0 Å². The number of carbonyl (C=O) groups is 2. The molecule has 7 atom stereocenters. The first-order valence-corrected chi connectivity index (χ1v) is 11.2. The summed E-state index contributed by atoms with van der Waals surface area (Å²) in [6, 6.07) is 16.0. The summed E-state index contributed by atoms with van der Waals surface area (Å²) >= 11 is 0. The Labute approximate surface area is 197 Å². The van der Waals surface area contributed by atoms with Crippen LogP contribution in [0, 0.1) is 6.92 Å². The van der Waals surface area contributed by atoms with Gasteiger partial charge in [0.2, 0.25) is 12.2 Å². The third-order valence-corrected chi connectivity index (χ3v) is 5.83. The standard InChI is InChI=1S/C25H29NO8/c1-14-9-7-8-12-18(14)32-25-20(26-16(3)27)22(31-15(2)23(28)29)21-19(33-25)13-30-24(34-21)17-10-5-4-6-11-17/h4-12,15,19-22,24-25H,13H2,1-3H3,(H,26,27)(H,28,29). The SMILES string of the molecule is CC(=O)NC1C(Oc2ccccc2C)OC2COC(c3ccccc3)OC2C1OC(C)C(=O)O. The maximum atomic E-state index is 12.1. The number of fused-ring (bicyclic) bond motifs is 1. The van der Waals surface area contributed by atoms with Gasteiger partial charge in [0.25, 0.3) is 0 Å². The Hall–Kier alpha value is -2.98. The Morgan fingerprint density at radius 3 is 2.47 bits per heavy atom. The van der Waals surface area contributed by atoms with Crippen LogP contribution in [0.5, 0.6) is 5.75 Å². The maximum Gasteiger partial charge on any atom is 0.332 e. The third-order valence-electron chi connectivity index (χ3n) is 5.83. The molecule has 2 aliphatic heterocycles. The second-order valence-electron chi connectivity index (χ2n) is 8.41. The summed E-state index contributed by atoms with van der Waals surface area (Å²) in [6.45, 7) is 4.87. The van der Waals surface area contributed by atoms with Crippen molar-refractivity contribution >= 4 is 11.9 Å². The van der Waals surface area contributed by atoms with E-state index < -0.39 is 49.0 Å². The van der Waals surface area contributed by atoms with Gasteiger partial charge in [-0.1, -0.05) is 48.5 Å². The van der Waals surface area contributed by atoms with E-state index in [0.717, 1.165) is 11.1 Å². The fourth-order valence-corrected chi connectivity index (χ4v) is 4.11. The number of aryl methyl sites for hydroxylation is 1. The number of amides is 1. The number of ether oxygens (including phenoxy) is 5. The molecule has 0 aliphatic carbocycles. The first-order valence-electron chi connectivity index (χ1n) is 11.2. The Bertz CT molecular complexity index is 999.